The van der Waals surface area contributed by atoms with Gasteiger partial charge in [-0.2, -0.15) is 5.26 Å². The number of rotatable bonds is 7. The Balaban J connectivity index is 1.97. The van der Waals surface area contributed by atoms with Gasteiger partial charge in [0, 0.05) is 19.6 Å². The zero-order valence-corrected chi connectivity index (χ0v) is 17.4. The number of hydrogen-bond donors (Lipinski definition) is 1. The summed E-state index contributed by atoms with van der Waals surface area (Å²) in [5.74, 6) is -0.720. The topological polar surface area (TPSA) is 91.1 Å². The van der Waals surface area contributed by atoms with Crippen molar-refractivity contribution in [3.63, 3.8) is 0 Å². The molecule has 1 N–H and O–H groups in total. The molecular formula is C22H29N5O2. The van der Waals surface area contributed by atoms with Gasteiger partial charge in [0.25, 0.3) is 0 Å². The molecule has 1 saturated heterocycles. The Morgan fingerprint density at radius 2 is 1.90 bits per heavy atom. The highest BCUT2D eigenvalue weighted by atomic mass is 16.5. The van der Waals surface area contributed by atoms with Crippen LogP contribution in [-0.4, -0.2) is 47.7 Å². The first-order chi connectivity index (χ1) is 14.0. The summed E-state index contributed by atoms with van der Waals surface area (Å²) < 4.78 is 5.84. The van der Waals surface area contributed by atoms with E-state index < -0.39 is 5.92 Å². The maximum atomic E-state index is 12.8. The maximum Gasteiger partial charge on any atom is 0.243 e. The number of fused-ring (bicyclic) bond motifs is 1. The zero-order valence-electron chi connectivity index (χ0n) is 17.4. The lowest BCUT2D eigenvalue weighted by Gasteiger charge is -2.37. The number of anilines is 1. The van der Waals surface area contributed by atoms with Crippen LogP contribution in [0.3, 0.4) is 0 Å². The van der Waals surface area contributed by atoms with E-state index >= 15 is 0 Å². The van der Waals surface area contributed by atoms with Gasteiger partial charge < -0.3 is 15.0 Å². The van der Waals surface area contributed by atoms with Crippen LogP contribution in [0.4, 0.5) is 5.82 Å². The second-order valence-electron chi connectivity index (χ2n) is 7.64. The Kier molecular flexibility index (Phi) is 6.99. The molecule has 154 valence electrons. The molecule has 29 heavy (non-hydrogen) atoms. The number of nitriles is 1. The number of para-hydroxylation sites is 2. The van der Waals surface area contributed by atoms with Gasteiger partial charge in [0.2, 0.25) is 5.91 Å². The number of aromatic nitrogens is 2. The normalized spacial score (nSPS) is 20.3. The lowest BCUT2D eigenvalue weighted by molar-refractivity contribution is -0.121. The van der Waals surface area contributed by atoms with E-state index in [-0.39, 0.29) is 18.1 Å². The van der Waals surface area contributed by atoms with E-state index in [2.05, 4.69) is 23.2 Å². The monoisotopic (exact) mass is 395 g/mol. The number of amides is 1. The average molecular weight is 396 g/mol. The smallest absolute Gasteiger partial charge is 0.243 e. The van der Waals surface area contributed by atoms with Crippen LogP contribution in [0.5, 0.6) is 0 Å². The molecule has 1 amide bonds. The molecule has 2 aromatic rings. The van der Waals surface area contributed by atoms with Crippen molar-refractivity contribution in [3.8, 4) is 6.07 Å². The van der Waals surface area contributed by atoms with Crippen LogP contribution < -0.4 is 10.2 Å². The summed E-state index contributed by atoms with van der Waals surface area (Å²) in [7, 11) is 0. The average Bonchev–Trinajstić information content (AvgIpc) is 2.70. The molecule has 7 nitrogen and oxygen atoms in total. The summed E-state index contributed by atoms with van der Waals surface area (Å²) in [5.41, 5.74) is 1.85. The van der Waals surface area contributed by atoms with E-state index in [9.17, 15) is 10.1 Å². The van der Waals surface area contributed by atoms with Gasteiger partial charge in [-0.25, -0.2) is 9.97 Å². The number of ether oxygens (including phenoxy) is 1. The van der Waals surface area contributed by atoms with Crippen molar-refractivity contribution in [3.05, 3.63) is 30.0 Å². The highest BCUT2D eigenvalue weighted by molar-refractivity contribution is 5.88. The second-order valence-corrected chi connectivity index (χ2v) is 7.64. The largest absolute Gasteiger partial charge is 0.372 e. The van der Waals surface area contributed by atoms with Gasteiger partial charge in [-0.3, -0.25) is 4.79 Å². The molecule has 1 aromatic heterocycles. The number of carbonyl (C=O) groups excluding carboxylic acids is 1. The van der Waals surface area contributed by atoms with E-state index in [0.717, 1.165) is 24.8 Å². The molecule has 1 aliphatic rings. The minimum Gasteiger partial charge on any atom is -0.372 e. The standard InChI is InChI=1S/C22H29N5O2/c1-4-5-8-11-24-22(28)17(12-23)20-21(27-13-15(2)29-16(3)14-27)26-19-10-7-6-9-18(19)25-20/h6-7,9-10,15-17H,4-5,8,11,13-14H2,1-3H3,(H,24,28)/t15-,16-,17-/m1/s1. The Bertz CT molecular complexity index is 884. The summed E-state index contributed by atoms with van der Waals surface area (Å²) in [5, 5.41) is 12.7. The first-order valence-electron chi connectivity index (χ1n) is 10.4. The van der Waals surface area contributed by atoms with Crippen molar-refractivity contribution in [2.45, 2.75) is 58.2 Å². The number of nitrogens with one attached hydrogen (secondary N) is 1. The van der Waals surface area contributed by atoms with E-state index in [1.807, 2.05) is 38.1 Å². The van der Waals surface area contributed by atoms with Crippen molar-refractivity contribution >= 4 is 22.8 Å². The Hall–Kier alpha value is -2.72. The third-order valence-electron chi connectivity index (χ3n) is 5.04. The maximum absolute atomic E-state index is 12.8. The highest BCUT2D eigenvalue weighted by Crippen LogP contribution is 2.29. The molecule has 0 bridgehead atoms. The minimum atomic E-state index is -1.00. The van der Waals surface area contributed by atoms with Gasteiger partial charge in [0.15, 0.2) is 11.7 Å². The molecule has 3 atom stereocenters. The summed E-state index contributed by atoms with van der Waals surface area (Å²) >= 11 is 0. The van der Waals surface area contributed by atoms with E-state index in [1.165, 1.54) is 0 Å². The second kappa shape index (κ2) is 9.66. The predicted octanol–water partition coefficient (Wildman–Crippen LogP) is 3.16. The van der Waals surface area contributed by atoms with Crippen molar-refractivity contribution in [1.82, 2.24) is 15.3 Å². The number of benzene rings is 1. The number of morpholine rings is 1. The van der Waals surface area contributed by atoms with Crippen molar-refractivity contribution in [2.75, 3.05) is 24.5 Å². The van der Waals surface area contributed by atoms with Crippen LogP contribution in [-0.2, 0) is 9.53 Å². The van der Waals surface area contributed by atoms with Crippen molar-refractivity contribution < 1.29 is 9.53 Å². The summed E-state index contributed by atoms with van der Waals surface area (Å²) in [6.45, 7) is 7.98. The SMILES string of the molecule is CCCCCNC(=O)[C@H](C#N)c1nc2ccccc2nc1N1C[C@@H](C)O[C@H](C)C1. The van der Waals surface area contributed by atoms with Gasteiger partial charge in [-0.05, 0) is 32.4 Å². The van der Waals surface area contributed by atoms with Crippen LogP contribution in [0.25, 0.3) is 11.0 Å². The van der Waals surface area contributed by atoms with Gasteiger partial charge in [0.05, 0.1) is 29.3 Å². The fourth-order valence-corrected chi connectivity index (χ4v) is 3.71. The van der Waals surface area contributed by atoms with Gasteiger partial charge in [-0.1, -0.05) is 31.9 Å². The van der Waals surface area contributed by atoms with Gasteiger partial charge in [0.1, 0.15) is 5.69 Å². The van der Waals surface area contributed by atoms with Crippen molar-refractivity contribution in [1.29, 1.82) is 5.26 Å². The van der Waals surface area contributed by atoms with Crippen molar-refractivity contribution in [2.24, 2.45) is 0 Å². The molecule has 0 spiro atoms. The third kappa shape index (κ3) is 5.01. The molecule has 3 rings (SSSR count). The molecule has 0 saturated carbocycles. The molecule has 0 radical (unpaired) electrons. The zero-order chi connectivity index (χ0) is 20.8. The molecule has 1 aromatic carbocycles. The quantitative estimate of drug-likeness (QED) is 0.724. The minimum absolute atomic E-state index is 0.0308. The van der Waals surface area contributed by atoms with Crippen LogP contribution in [0.2, 0.25) is 0 Å². The molecular weight excluding hydrogens is 366 g/mol. The molecule has 0 unspecified atom stereocenters. The fourth-order valence-electron chi connectivity index (χ4n) is 3.71. The number of hydrogen-bond acceptors (Lipinski definition) is 6. The molecule has 2 heterocycles. The lowest BCUT2D eigenvalue weighted by Crippen LogP contribution is -2.46. The number of carbonyl (C=O) groups is 1. The molecule has 1 aliphatic heterocycles. The highest BCUT2D eigenvalue weighted by Gasteiger charge is 2.31. The Morgan fingerprint density at radius 1 is 1.24 bits per heavy atom. The summed E-state index contributed by atoms with van der Waals surface area (Å²) in [6.07, 6.45) is 3.08. The van der Waals surface area contributed by atoms with Crippen LogP contribution in [0, 0.1) is 11.3 Å². The van der Waals surface area contributed by atoms with Gasteiger partial charge in [-0.15, -0.1) is 0 Å². The Labute approximate surface area is 172 Å². The number of nitrogens with zero attached hydrogens (tertiary/aromatic N) is 4. The van der Waals surface area contributed by atoms with Crippen LogP contribution in [0.1, 0.15) is 51.6 Å². The molecule has 0 aliphatic carbocycles. The Morgan fingerprint density at radius 3 is 2.52 bits per heavy atom. The number of unbranched alkanes of at least 4 members (excludes halogenated alkanes) is 2. The summed E-state index contributed by atoms with van der Waals surface area (Å²) in [4.78, 5) is 24.4. The first kappa shape index (κ1) is 21.0. The van der Waals surface area contributed by atoms with E-state index in [0.29, 0.717) is 36.7 Å². The predicted molar refractivity (Wildman–Crippen MR) is 113 cm³/mol. The van der Waals surface area contributed by atoms with E-state index in [4.69, 9.17) is 14.7 Å². The van der Waals surface area contributed by atoms with Gasteiger partial charge >= 0.3 is 0 Å². The fraction of sp³-hybridized carbons (Fsp3) is 0.545. The molecule has 1 fully saturated rings. The molecule has 7 heteroatoms. The van der Waals surface area contributed by atoms with Crippen LogP contribution >= 0.6 is 0 Å². The van der Waals surface area contributed by atoms with Crippen LogP contribution in [0.15, 0.2) is 24.3 Å². The third-order valence-corrected chi connectivity index (χ3v) is 5.04. The first-order valence-corrected chi connectivity index (χ1v) is 10.4. The summed E-state index contributed by atoms with van der Waals surface area (Å²) in [6, 6.07) is 9.70. The van der Waals surface area contributed by atoms with E-state index in [1.54, 1.807) is 0 Å². The lowest BCUT2D eigenvalue weighted by atomic mass is 10.0.